The number of nitrogens with two attached hydrogens (primary N) is 1. The van der Waals surface area contributed by atoms with Crippen molar-refractivity contribution in [2.45, 2.75) is 12.5 Å². The van der Waals surface area contributed by atoms with Gasteiger partial charge in [0.25, 0.3) is 0 Å². The van der Waals surface area contributed by atoms with Gasteiger partial charge < -0.3 is 10.6 Å². The van der Waals surface area contributed by atoms with Crippen LogP contribution in [0.15, 0.2) is 27.1 Å². The summed E-state index contributed by atoms with van der Waals surface area (Å²) in [5, 5.41) is 0. The van der Waals surface area contributed by atoms with E-state index in [1.807, 2.05) is 18.2 Å². The highest BCUT2D eigenvalue weighted by molar-refractivity contribution is 9.11. The molecule has 0 saturated carbocycles. The molecule has 2 rings (SSSR count). The number of benzene rings is 1. The maximum absolute atomic E-state index is 11.7. The van der Waals surface area contributed by atoms with Crippen molar-refractivity contribution < 1.29 is 4.79 Å². The lowest BCUT2D eigenvalue weighted by atomic mass is 10.3. The maximum Gasteiger partial charge on any atom is 0.228 e. The van der Waals surface area contributed by atoms with Crippen molar-refractivity contribution in [1.29, 1.82) is 0 Å². The van der Waals surface area contributed by atoms with Gasteiger partial charge in [0, 0.05) is 28.0 Å². The molecule has 1 fully saturated rings. The number of nitrogens with zero attached hydrogens (tertiary/aromatic N) is 1. The third-order valence-corrected chi connectivity index (χ3v) is 3.64. The van der Waals surface area contributed by atoms with Crippen molar-refractivity contribution in [2.24, 2.45) is 5.73 Å². The first-order valence-corrected chi connectivity index (χ1v) is 6.18. The monoisotopic (exact) mass is 332 g/mol. The third-order valence-electron chi connectivity index (χ3n) is 2.36. The number of carbonyl (C=O) groups is 1. The number of hydrogen-bond acceptors (Lipinski definition) is 2. The van der Waals surface area contributed by atoms with E-state index in [9.17, 15) is 4.79 Å². The molecule has 1 aliphatic heterocycles. The molecule has 80 valence electrons. The number of rotatable bonds is 1. The van der Waals surface area contributed by atoms with Crippen molar-refractivity contribution in [1.82, 2.24) is 0 Å². The van der Waals surface area contributed by atoms with E-state index in [-0.39, 0.29) is 11.9 Å². The summed E-state index contributed by atoms with van der Waals surface area (Å²) in [6.45, 7) is 0.583. The van der Waals surface area contributed by atoms with Crippen LogP contribution in [-0.2, 0) is 4.79 Å². The SMILES string of the molecule is NC1CC(=O)N(c2c(Br)cccc2Br)C1. The van der Waals surface area contributed by atoms with Crippen LogP contribution in [0.1, 0.15) is 6.42 Å². The highest BCUT2D eigenvalue weighted by atomic mass is 79.9. The zero-order chi connectivity index (χ0) is 11.0. The van der Waals surface area contributed by atoms with E-state index < -0.39 is 0 Å². The normalized spacial score (nSPS) is 21.1. The topological polar surface area (TPSA) is 46.3 Å². The number of hydrogen-bond donors (Lipinski definition) is 1. The minimum atomic E-state index is -0.0588. The van der Waals surface area contributed by atoms with E-state index in [2.05, 4.69) is 31.9 Å². The van der Waals surface area contributed by atoms with Crippen molar-refractivity contribution in [3.63, 3.8) is 0 Å². The van der Waals surface area contributed by atoms with E-state index in [4.69, 9.17) is 5.73 Å². The summed E-state index contributed by atoms with van der Waals surface area (Å²) in [5.41, 5.74) is 6.63. The van der Waals surface area contributed by atoms with Crippen molar-refractivity contribution in [2.75, 3.05) is 11.4 Å². The largest absolute Gasteiger partial charge is 0.326 e. The molecule has 1 atom stereocenters. The first-order chi connectivity index (χ1) is 7.09. The van der Waals surface area contributed by atoms with Gasteiger partial charge in [0.05, 0.1) is 5.69 Å². The van der Waals surface area contributed by atoms with Crippen LogP contribution in [0.5, 0.6) is 0 Å². The van der Waals surface area contributed by atoms with Crippen LogP contribution in [-0.4, -0.2) is 18.5 Å². The second-order valence-corrected chi connectivity index (χ2v) is 5.25. The number of anilines is 1. The standard InChI is InChI=1S/C10H10Br2N2O/c11-7-2-1-3-8(12)10(7)14-5-6(13)4-9(14)15/h1-3,6H,4-5,13H2. The van der Waals surface area contributed by atoms with Crippen LogP contribution >= 0.6 is 31.9 Å². The summed E-state index contributed by atoms with van der Waals surface area (Å²) < 4.78 is 1.80. The molecule has 1 heterocycles. The molecular weight excluding hydrogens is 324 g/mol. The van der Waals surface area contributed by atoms with Crippen molar-refractivity contribution in [3.05, 3.63) is 27.1 Å². The molecule has 1 aromatic rings. The lowest BCUT2D eigenvalue weighted by Gasteiger charge is -2.19. The average molecular weight is 334 g/mol. The van der Waals surface area contributed by atoms with Crippen molar-refractivity contribution >= 4 is 43.5 Å². The second-order valence-electron chi connectivity index (χ2n) is 3.54. The number of carbonyl (C=O) groups excluding carboxylic acids is 1. The maximum atomic E-state index is 11.7. The van der Waals surface area contributed by atoms with Crippen molar-refractivity contribution in [3.8, 4) is 0 Å². The van der Waals surface area contributed by atoms with Gasteiger partial charge >= 0.3 is 0 Å². The van der Waals surface area contributed by atoms with Gasteiger partial charge in [0.1, 0.15) is 0 Å². The third kappa shape index (κ3) is 2.09. The molecule has 1 aromatic carbocycles. The Hall–Kier alpha value is -0.390. The molecule has 1 saturated heterocycles. The van der Waals surface area contributed by atoms with E-state index in [0.29, 0.717) is 13.0 Å². The Balaban J connectivity index is 2.41. The van der Waals surface area contributed by atoms with Gasteiger partial charge in [-0.2, -0.15) is 0 Å². The molecule has 0 radical (unpaired) electrons. The van der Waals surface area contributed by atoms with Gasteiger partial charge in [0.2, 0.25) is 5.91 Å². The smallest absolute Gasteiger partial charge is 0.228 e. The fourth-order valence-corrected chi connectivity index (χ4v) is 3.12. The van der Waals surface area contributed by atoms with Crippen LogP contribution < -0.4 is 10.6 Å². The Morgan fingerprint density at radius 1 is 1.33 bits per heavy atom. The predicted molar refractivity (Wildman–Crippen MR) is 66.8 cm³/mol. The molecule has 5 heteroatoms. The molecule has 0 bridgehead atoms. The van der Waals surface area contributed by atoms with Crippen LogP contribution in [0.4, 0.5) is 5.69 Å². The zero-order valence-electron chi connectivity index (χ0n) is 7.91. The summed E-state index contributed by atoms with van der Waals surface area (Å²) in [7, 11) is 0. The molecule has 0 aromatic heterocycles. The summed E-state index contributed by atoms with van der Waals surface area (Å²) in [6, 6.07) is 5.68. The van der Waals surface area contributed by atoms with Gasteiger partial charge in [-0.25, -0.2) is 0 Å². The summed E-state index contributed by atoms with van der Waals surface area (Å²) in [5.74, 6) is 0.0788. The Morgan fingerprint density at radius 2 is 1.93 bits per heavy atom. The van der Waals surface area contributed by atoms with E-state index >= 15 is 0 Å². The molecule has 0 spiro atoms. The Labute approximate surface area is 105 Å². The highest BCUT2D eigenvalue weighted by Crippen LogP contribution is 2.35. The Kier molecular flexibility index (Phi) is 3.13. The van der Waals surface area contributed by atoms with E-state index in [0.717, 1.165) is 14.6 Å². The molecular formula is C10H10Br2N2O. The van der Waals surface area contributed by atoms with Crippen LogP contribution in [0.25, 0.3) is 0 Å². The summed E-state index contributed by atoms with van der Waals surface area (Å²) in [4.78, 5) is 13.4. The summed E-state index contributed by atoms with van der Waals surface area (Å²) in [6.07, 6.45) is 0.424. The zero-order valence-corrected chi connectivity index (χ0v) is 11.1. The van der Waals surface area contributed by atoms with Gasteiger partial charge in [-0.3, -0.25) is 4.79 Å². The number of amides is 1. The molecule has 1 aliphatic rings. The predicted octanol–water partition coefficient (Wildman–Crippen LogP) is 2.28. The van der Waals surface area contributed by atoms with Crippen LogP contribution in [0.3, 0.4) is 0 Å². The Morgan fingerprint density at radius 3 is 2.40 bits per heavy atom. The fourth-order valence-electron chi connectivity index (χ4n) is 1.70. The van der Waals surface area contributed by atoms with Gasteiger partial charge in [-0.1, -0.05) is 6.07 Å². The van der Waals surface area contributed by atoms with Gasteiger partial charge in [-0.15, -0.1) is 0 Å². The number of para-hydroxylation sites is 1. The Bertz CT molecular complexity index is 388. The minimum Gasteiger partial charge on any atom is -0.326 e. The van der Waals surface area contributed by atoms with Gasteiger partial charge in [-0.05, 0) is 44.0 Å². The minimum absolute atomic E-state index is 0.0588. The average Bonchev–Trinajstić information content (AvgIpc) is 2.45. The lowest BCUT2D eigenvalue weighted by Crippen LogP contribution is -2.28. The molecule has 2 N–H and O–H groups in total. The molecule has 1 amide bonds. The quantitative estimate of drug-likeness (QED) is 0.857. The number of halogens is 2. The fraction of sp³-hybridized carbons (Fsp3) is 0.300. The second kappa shape index (κ2) is 4.23. The van der Waals surface area contributed by atoms with Gasteiger partial charge in [0.15, 0.2) is 0 Å². The highest BCUT2D eigenvalue weighted by Gasteiger charge is 2.30. The van der Waals surface area contributed by atoms with E-state index in [1.54, 1.807) is 4.90 Å². The van der Waals surface area contributed by atoms with Crippen LogP contribution in [0, 0.1) is 0 Å². The molecule has 1 unspecified atom stereocenters. The van der Waals surface area contributed by atoms with Crippen LogP contribution in [0.2, 0.25) is 0 Å². The molecule has 15 heavy (non-hydrogen) atoms. The first kappa shape index (κ1) is 11.1. The molecule has 3 nitrogen and oxygen atoms in total. The summed E-state index contributed by atoms with van der Waals surface area (Å²) >= 11 is 6.88. The molecule has 0 aliphatic carbocycles. The van der Waals surface area contributed by atoms with E-state index in [1.165, 1.54) is 0 Å². The first-order valence-electron chi connectivity index (χ1n) is 4.59. The lowest BCUT2D eigenvalue weighted by molar-refractivity contribution is -0.117.